The maximum Gasteiger partial charge on any atom is 0.314 e. The molecule has 24 heavy (non-hydrogen) atoms. The van der Waals surface area contributed by atoms with Gasteiger partial charge >= 0.3 is 5.97 Å². The quantitative estimate of drug-likeness (QED) is 0.793. The second-order valence-corrected chi connectivity index (χ2v) is 6.05. The fourth-order valence-electron chi connectivity index (χ4n) is 2.95. The Kier molecular flexibility index (Phi) is 3.94. The van der Waals surface area contributed by atoms with Crippen LogP contribution in [0.4, 0.5) is 0 Å². The number of hydrogen-bond acceptors (Lipinski definition) is 5. The molecular formula is C18H15ClO5. The van der Waals surface area contributed by atoms with Gasteiger partial charge < -0.3 is 18.9 Å². The highest BCUT2D eigenvalue weighted by Gasteiger charge is 2.29. The van der Waals surface area contributed by atoms with E-state index in [2.05, 4.69) is 0 Å². The first-order valence-corrected chi connectivity index (χ1v) is 8.06. The predicted octanol–water partition coefficient (Wildman–Crippen LogP) is 3.68. The van der Waals surface area contributed by atoms with Crippen molar-refractivity contribution in [1.82, 2.24) is 0 Å². The van der Waals surface area contributed by atoms with E-state index in [1.54, 1.807) is 12.1 Å². The van der Waals surface area contributed by atoms with Crippen molar-refractivity contribution < 1.29 is 23.7 Å². The molecule has 0 saturated heterocycles. The van der Waals surface area contributed by atoms with Crippen LogP contribution in [-0.2, 0) is 16.1 Å². The minimum absolute atomic E-state index is 0.134. The third kappa shape index (κ3) is 2.76. The number of para-hydroxylation sites is 1. The van der Waals surface area contributed by atoms with E-state index in [0.717, 1.165) is 16.9 Å². The Morgan fingerprint density at radius 1 is 1.17 bits per heavy atom. The summed E-state index contributed by atoms with van der Waals surface area (Å²) in [4.78, 5) is 12.5. The summed E-state index contributed by atoms with van der Waals surface area (Å²) >= 11 is 6.14. The summed E-state index contributed by atoms with van der Waals surface area (Å²) in [7, 11) is 0. The zero-order chi connectivity index (χ0) is 16.5. The molecule has 0 aromatic heterocycles. The minimum atomic E-state index is -0.306. The van der Waals surface area contributed by atoms with E-state index in [1.165, 1.54) is 0 Å². The topological polar surface area (TPSA) is 54.0 Å². The fraction of sp³-hybridized carbons (Fsp3) is 0.278. The number of rotatable bonds is 3. The molecule has 2 aliphatic heterocycles. The Hall–Kier alpha value is -2.40. The average molecular weight is 347 g/mol. The van der Waals surface area contributed by atoms with Gasteiger partial charge in [0.05, 0.1) is 17.5 Å². The normalized spacial score (nSPS) is 17.8. The number of hydrogen-bond donors (Lipinski definition) is 0. The van der Waals surface area contributed by atoms with E-state index >= 15 is 0 Å². The van der Waals surface area contributed by atoms with Crippen LogP contribution < -0.4 is 14.2 Å². The number of halogens is 1. The van der Waals surface area contributed by atoms with Crippen molar-refractivity contribution in [2.24, 2.45) is 0 Å². The third-order valence-corrected chi connectivity index (χ3v) is 4.39. The van der Waals surface area contributed by atoms with Crippen LogP contribution in [0.25, 0.3) is 0 Å². The van der Waals surface area contributed by atoms with Crippen LogP contribution in [0.2, 0.25) is 5.02 Å². The summed E-state index contributed by atoms with van der Waals surface area (Å²) in [5, 5.41) is 0.451. The number of fused-ring (bicyclic) bond motifs is 2. The lowest BCUT2D eigenvalue weighted by Gasteiger charge is -2.24. The van der Waals surface area contributed by atoms with Crippen molar-refractivity contribution in [2.45, 2.75) is 18.9 Å². The molecule has 2 aromatic carbocycles. The molecule has 1 unspecified atom stereocenters. The predicted molar refractivity (Wildman–Crippen MR) is 86.7 cm³/mol. The van der Waals surface area contributed by atoms with Gasteiger partial charge in [0.15, 0.2) is 11.5 Å². The molecule has 2 aromatic rings. The lowest BCUT2D eigenvalue weighted by atomic mass is 9.93. The maximum atomic E-state index is 12.5. The fourth-order valence-corrected chi connectivity index (χ4v) is 3.23. The summed E-state index contributed by atoms with van der Waals surface area (Å²) in [6.07, 6.45) is 0.609. The second kappa shape index (κ2) is 6.24. The molecule has 0 saturated carbocycles. The van der Waals surface area contributed by atoms with Crippen LogP contribution in [0.15, 0.2) is 36.4 Å². The van der Waals surface area contributed by atoms with Crippen molar-refractivity contribution in [3.63, 3.8) is 0 Å². The van der Waals surface area contributed by atoms with Crippen molar-refractivity contribution >= 4 is 17.6 Å². The van der Waals surface area contributed by atoms with Gasteiger partial charge in [0.2, 0.25) is 6.79 Å². The lowest BCUT2D eigenvalue weighted by molar-refractivity contribution is -0.147. The first kappa shape index (κ1) is 15.1. The summed E-state index contributed by atoms with van der Waals surface area (Å²) in [5.74, 6) is 1.28. The molecule has 5 nitrogen and oxygen atoms in total. The van der Waals surface area contributed by atoms with Crippen molar-refractivity contribution in [3.05, 3.63) is 52.5 Å². The zero-order valence-corrected chi connectivity index (χ0v) is 13.5. The first-order valence-electron chi connectivity index (χ1n) is 7.69. The number of benzene rings is 2. The SMILES string of the molecule is O=C(OCc1cc(Cl)c2c(c1)OCO2)C1CCOc2ccccc21. The number of esters is 1. The molecule has 6 heteroatoms. The van der Waals surface area contributed by atoms with E-state index in [-0.39, 0.29) is 25.3 Å². The standard InChI is InChI=1S/C18H15ClO5/c19-14-7-11(8-16-17(14)24-10-23-16)9-22-18(20)13-5-6-21-15-4-2-1-3-12(13)15/h1-4,7-8,13H,5-6,9-10H2. The molecule has 0 spiro atoms. The molecule has 0 bridgehead atoms. The second-order valence-electron chi connectivity index (χ2n) is 5.65. The average Bonchev–Trinajstić information content (AvgIpc) is 3.08. The Morgan fingerprint density at radius 2 is 2.04 bits per heavy atom. The van der Waals surface area contributed by atoms with Gasteiger partial charge in [0.25, 0.3) is 0 Å². The van der Waals surface area contributed by atoms with Crippen molar-refractivity contribution in [2.75, 3.05) is 13.4 Å². The molecule has 4 rings (SSSR count). The number of ether oxygens (including phenoxy) is 4. The monoisotopic (exact) mass is 346 g/mol. The highest BCUT2D eigenvalue weighted by Crippen LogP contribution is 2.40. The molecular weight excluding hydrogens is 332 g/mol. The highest BCUT2D eigenvalue weighted by molar-refractivity contribution is 6.32. The van der Waals surface area contributed by atoms with E-state index in [1.807, 2.05) is 24.3 Å². The summed E-state index contributed by atoms with van der Waals surface area (Å²) in [6, 6.07) is 11.1. The van der Waals surface area contributed by atoms with Crippen LogP contribution in [0, 0.1) is 0 Å². The smallest absolute Gasteiger partial charge is 0.314 e. The highest BCUT2D eigenvalue weighted by atomic mass is 35.5. The van der Waals surface area contributed by atoms with Gasteiger partial charge in [-0.1, -0.05) is 29.8 Å². The van der Waals surface area contributed by atoms with Gasteiger partial charge in [-0.3, -0.25) is 4.79 Å². The van der Waals surface area contributed by atoms with Gasteiger partial charge in [-0.25, -0.2) is 0 Å². The van der Waals surface area contributed by atoms with Gasteiger partial charge in [-0.15, -0.1) is 0 Å². The molecule has 124 valence electrons. The van der Waals surface area contributed by atoms with Gasteiger partial charge in [0.1, 0.15) is 12.4 Å². The summed E-state index contributed by atoms with van der Waals surface area (Å²) < 4.78 is 21.7. The summed E-state index contributed by atoms with van der Waals surface area (Å²) in [5.41, 5.74) is 1.63. The molecule has 0 fully saturated rings. The first-order chi connectivity index (χ1) is 11.7. The molecule has 1 atom stereocenters. The van der Waals surface area contributed by atoms with Crippen LogP contribution in [0.3, 0.4) is 0 Å². The molecule has 0 radical (unpaired) electrons. The van der Waals surface area contributed by atoms with Crippen LogP contribution >= 0.6 is 11.6 Å². The molecule has 0 N–H and O–H groups in total. The van der Waals surface area contributed by atoms with E-state index < -0.39 is 0 Å². The Morgan fingerprint density at radius 3 is 2.96 bits per heavy atom. The van der Waals surface area contributed by atoms with Crippen LogP contribution in [0.1, 0.15) is 23.5 Å². The molecule has 2 aliphatic rings. The lowest BCUT2D eigenvalue weighted by Crippen LogP contribution is -2.23. The van der Waals surface area contributed by atoms with E-state index in [4.69, 9.17) is 30.5 Å². The molecule has 2 heterocycles. The van der Waals surface area contributed by atoms with Crippen molar-refractivity contribution in [3.8, 4) is 17.2 Å². The van der Waals surface area contributed by atoms with E-state index in [0.29, 0.717) is 29.5 Å². The number of carbonyl (C=O) groups excluding carboxylic acids is 1. The minimum Gasteiger partial charge on any atom is -0.493 e. The third-order valence-electron chi connectivity index (χ3n) is 4.11. The maximum absolute atomic E-state index is 12.5. The largest absolute Gasteiger partial charge is 0.493 e. The Labute approximate surface area is 144 Å². The number of carbonyl (C=O) groups is 1. The zero-order valence-electron chi connectivity index (χ0n) is 12.8. The van der Waals surface area contributed by atoms with Crippen LogP contribution in [0.5, 0.6) is 17.2 Å². The van der Waals surface area contributed by atoms with Crippen molar-refractivity contribution in [1.29, 1.82) is 0 Å². The van der Waals surface area contributed by atoms with Gasteiger partial charge in [-0.2, -0.15) is 0 Å². The molecule has 0 aliphatic carbocycles. The van der Waals surface area contributed by atoms with Crippen LogP contribution in [-0.4, -0.2) is 19.4 Å². The van der Waals surface area contributed by atoms with Gasteiger partial charge in [0, 0.05) is 5.56 Å². The van der Waals surface area contributed by atoms with E-state index in [9.17, 15) is 4.79 Å². The summed E-state index contributed by atoms with van der Waals surface area (Å²) in [6.45, 7) is 0.790. The Balaban J connectivity index is 1.47. The Bertz CT molecular complexity index is 789. The van der Waals surface area contributed by atoms with Gasteiger partial charge in [-0.05, 0) is 30.2 Å². The molecule has 0 amide bonds.